The molecular formula is C28H20N6O3S. The molecule has 0 unspecified atom stereocenters. The van der Waals surface area contributed by atoms with E-state index in [1.165, 1.54) is 24.3 Å². The van der Waals surface area contributed by atoms with Crippen molar-refractivity contribution in [2.24, 2.45) is 5.10 Å². The molecule has 0 aliphatic rings. The zero-order chi connectivity index (χ0) is 26.3. The van der Waals surface area contributed by atoms with E-state index in [0.717, 1.165) is 23.0 Å². The minimum atomic E-state index is -0.478. The predicted molar refractivity (Wildman–Crippen MR) is 148 cm³/mol. The van der Waals surface area contributed by atoms with E-state index < -0.39 is 4.92 Å². The largest absolute Gasteiger partial charge is 0.286 e. The number of para-hydroxylation sites is 1. The number of thioether (sulfide) groups is 1. The van der Waals surface area contributed by atoms with E-state index in [1.54, 1.807) is 24.3 Å². The summed E-state index contributed by atoms with van der Waals surface area (Å²) in [6.45, 7) is 0. The molecule has 0 aliphatic carbocycles. The standard InChI is InChI=1S/C28H20N6O3S/c35-25(20-10-4-1-5-11-20)27(31-29-22-16-18-24(19-17-22)34(36)37)38-28-32-30-26(21-12-6-2-7-13-21)33(28)23-14-8-3-9-15-23/h1-19,29H/b31-27-. The Morgan fingerprint density at radius 3 is 2.05 bits per heavy atom. The van der Waals surface area contributed by atoms with Gasteiger partial charge in [0.15, 0.2) is 10.9 Å². The number of nitro benzene ring substituents is 1. The number of hydrogen-bond acceptors (Lipinski definition) is 8. The number of hydrazone groups is 1. The molecule has 1 N–H and O–H groups in total. The number of aromatic nitrogens is 3. The lowest BCUT2D eigenvalue weighted by molar-refractivity contribution is -0.384. The quantitative estimate of drug-likeness (QED) is 0.0643. The van der Waals surface area contributed by atoms with Gasteiger partial charge in [-0.3, -0.25) is 24.9 Å². The van der Waals surface area contributed by atoms with Crippen LogP contribution < -0.4 is 5.43 Å². The summed E-state index contributed by atoms with van der Waals surface area (Å²) in [6.07, 6.45) is 0. The third-order valence-corrected chi connectivity index (χ3v) is 6.38. The molecular weight excluding hydrogens is 500 g/mol. The number of nitrogens with zero attached hydrogens (tertiary/aromatic N) is 5. The van der Waals surface area contributed by atoms with Gasteiger partial charge in [-0.05, 0) is 36.0 Å². The molecule has 10 heteroatoms. The van der Waals surface area contributed by atoms with Crippen molar-refractivity contribution in [3.8, 4) is 17.1 Å². The van der Waals surface area contributed by atoms with Crippen LogP contribution in [0.1, 0.15) is 10.4 Å². The van der Waals surface area contributed by atoms with Crippen molar-refractivity contribution in [2.45, 2.75) is 5.16 Å². The monoisotopic (exact) mass is 520 g/mol. The normalized spacial score (nSPS) is 11.2. The third kappa shape index (κ3) is 5.50. The van der Waals surface area contributed by atoms with Gasteiger partial charge in [-0.25, -0.2) is 0 Å². The van der Waals surface area contributed by atoms with E-state index in [4.69, 9.17) is 0 Å². The topological polar surface area (TPSA) is 115 Å². The van der Waals surface area contributed by atoms with Gasteiger partial charge >= 0.3 is 0 Å². The van der Waals surface area contributed by atoms with Gasteiger partial charge in [0, 0.05) is 28.9 Å². The first-order chi connectivity index (χ1) is 18.6. The number of ketones is 1. The number of nitrogens with one attached hydrogen (secondary N) is 1. The van der Waals surface area contributed by atoms with E-state index in [2.05, 4.69) is 20.7 Å². The van der Waals surface area contributed by atoms with Crippen molar-refractivity contribution in [3.63, 3.8) is 0 Å². The van der Waals surface area contributed by atoms with Crippen molar-refractivity contribution in [1.29, 1.82) is 0 Å². The Labute approximate surface area is 222 Å². The second kappa shape index (κ2) is 11.3. The number of benzene rings is 4. The van der Waals surface area contributed by atoms with Crippen molar-refractivity contribution >= 4 is 34.0 Å². The van der Waals surface area contributed by atoms with Crippen LogP contribution in [-0.4, -0.2) is 30.5 Å². The molecule has 0 spiro atoms. The zero-order valence-corrected chi connectivity index (χ0v) is 20.7. The maximum atomic E-state index is 13.5. The smallest absolute Gasteiger partial charge is 0.269 e. The number of carbonyl (C=O) groups excluding carboxylic acids is 1. The molecule has 0 fully saturated rings. The molecule has 0 aliphatic heterocycles. The second-order valence-corrected chi connectivity index (χ2v) is 8.93. The molecule has 1 heterocycles. The summed E-state index contributed by atoms with van der Waals surface area (Å²) >= 11 is 1.07. The predicted octanol–water partition coefficient (Wildman–Crippen LogP) is 6.24. The molecule has 38 heavy (non-hydrogen) atoms. The first kappa shape index (κ1) is 24.6. The highest BCUT2D eigenvalue weighted by molar-refractivity contribution is 8.15. The Kier molecular flexibility index (Phi) is 7.32. The maximum absolute atomic E-state index is 13.5. The van der Waals surface area contributed by atoms with Crippen LogP contribution in [-0.2, 0) is 0 Å². The maximum Gasteiger partial charge on any atom is 0.269 e. The zero-order valence-electron chi connectivity index (χ0n) is 19.8. The Balaban J connectivity index is 1.55. The van der Waals surface area contributed by atoms with E-state index in [0.29, 0.717) is 22.2 Å². The van der Waals surface area contributed by atoms with Gasteiger partial charge in [0.25, 0.3) is 5.69 Å². The number of carbonyl (C=O) groups is 1. The molecule has 0 bridgehead atoms. The van der Waals surface area contributed by atoms with Gasteiger partial charge in [-0.15, -0.1) is 10.2 Å². The number of anilines is 1. The molecule has 0 amide bonds. The molecule has 0 saturated heterocycles. The minimum absolute atomic E-state index is 0.0427. The first-order valence-corrected chi connectivity index (χ1v) is 12.3. The van der Waals surface area contributed by atoms with Crippen molar-refractivity contribution in [2.75, 3.05) is 5.43 Å². The fraction of sp³-hybridized carbons (Fsp3) is 0. The fourth-order valence-electron chi connectivity index (χ4n) is 3.61. The number of hydrogen-bond donors (Lipinski definition) is 1. The van der Waals surface area contributed by atoms with E-state index in [-0.39, 0.29) is 16.5 Å². The average Bonchev–Trinajstić information content (AvgIpc) is 3.40. The highest BCUT2D eigenvalue weighted by Gasteiger charge is 2.23. The summed E-state index contributed by atoms with van der Waals surface area (Å²) in [7, 11) is 0. The van der Waals surface area contributed by atoms with Gasteiger partial charge in [0.05, 0.1) is 10.6 Å². The van der Waals surface area contributed by atoms with E-state index in [1.807, 2.05) is 71.3 Å². The highest BCUT2D eigenvalue weighted by Crippen LogP contribution is 2.29. The lowest BCUT2D eigenvalue weighted by Gasteiger charge is -2.11. The molecule has 0 atom stereocenters. The molecule has 1 aromatic heterocycles. The number of non-ortho nitro benzene ring substituents is 1. The molecule has 4 aromatic carbocycles. The molecule has 5 rings (SSSR count). The summed E-state index contributed by atoms with van der Waals surface area (Å²) in [5, 5.41) is 24.8. The molecule has 0 saturated carbocycles. The second-order valence-electron chi connectivity index (χ2n) is 7.97. The van der Waals surface area contributed by atoms with E-state index >= 15 is 0 Å². The van der Waals surface area contributed by atoms with Gasteiger partial charge in [-0.1, -0.05) is 78.9 Å². The summed E-state index contributed by atoms with van der Waals surface area (Å²) in [6, 6.07) is 33.9. The van der Waals surface area contributed by atoms with Crippen LogP contribution in [0, 0.1) is 10.1 Å². The van der Waals surface area contributed by atoms with Crippen LogP contribution >= 0.6 is 11.8 Å². The van der Waals surface area contributed by atoms with E-state index in [9.17, 15) is 14.9 Å². The first-order valence-electron chi connectivity index (χ1n) is 11.5. The van der Waals surface area contributed by atoms with Crippen molar-refractivity contribution < 1.29 is 9.72 Å². The van der Waals surface area contributed by atoms with Crippen molar-refractivity contribution in [1.82, 2.24) is 14.8 Å². The SMILES string of the molecule is O=C(/C(=N/Nc1ccc([N+](=O)[O-])cc1)Sc1nnc(-c2ccccc2)n1-c1ccccc1)c1ccccc1. The Morgan fingerprint density at radius 1 is 0.816 bits per heavy atom. The van der Waals surface area contributed by atoms with Crippen LogP contribution in [0.2, 0.25) is 0 Å². The van der Waals surface area contributed by atoms with Gasteiger partial charge in [0.1, 0.15) is 0 Å². The van der Waals surface area contributed by atoms with Crippen LogP contribution in [0.15, 0.2) is 126 Å². The van der Waals surface area contributed by atoms with Gasteiger partial charge in [0.2, 0.25) is 10.9 Å². The molecule has 5 aromatic rings. The summed E-state index contributed by atoms with van der Waals surface area (Å²) in [5.74, 6) is 0.308. The van der Waals surface area contributed by atoms with Crippen LogP contribution in [0.4, 0.5) is 11.4 Å². The molecule has 9 nitrogen and oxygen atoms in total. The fourth-order valence-corrected chi connectivity index (χ4v) is 4.45. The summed E-state index contributed by atoms with van der Waals surface area (Å²) in [4.78, 5) is 24.0. The lowest BCUT2D eigenvalue weighted by atomic mass is 10.1. The van der Waals surface area contributed by atoms with Crippen molar-refractivity contribution in [3.05, 3.63) is 131 Å². The number of nitro groups is 1. The van der Waals surface area contributed by atoms with Gasteiger partial charge < -0.3 is 0 Å². The summed E-state index contributed by atoms with van der Waals surface area (Å²) < 4.78 is 1.87. The lowest BCUT2D eigenvalue weighted by Crippen LogP contribution is -2.14. The Morgan fingerprint density at radius 2 is 1.42 bits per heavy atom. The Bertz CT molecular complexity index is 1590. The summed E-state index contributed by atoms with van der Waals surface area (Å²) in [5.41, 5.74) is 5.45. The molecule has 186 valence electrons. The van der Waals surface area contributed by atoms with Crippen LogP contribution in [0.3, 0.4) is 0 Å². The van der Waals surface area contributed by atoms with Crippen LogP contribution in [0.25, 0.3) is 17.1 Å². The Hall–Kier alpha value is -5.09. The highest BCUT2D eigenvalue weighted by atomic mass is 32.2. The van der Waals surface area contributed by atoms with Gasteiger partial charge in [-0.2, -0.15) is 5.10 Å². The minimum Gasteiger partial charge on any atom is -0.286 e. The number of Topliss-reactive ketones (excluding diaryl/α,β-unsaturated/α-hetero) is 1. The average molecular weight is 521 g/mol. The molecule has 0 radical (unpaired) electrons. The third-order valence-electron chi connectivity index (χ3n) is 5.46. The number of rotatable bonds is 8. The van der Waals surface area contributed by atoms with Crippen LogP contribution in [0.5, 0.6) is 0 Å².